The maximum atomic E-state index is 6.67. The Morgan fingerprint density at radius 3 is 1.47 bits per heavy atom. The third kappa shape index (κ3) is 4.15. The maximum absolute atomic E-state index is 6.67. The highest BCUT2D eigenvalue weighted by Gasteiger charge is 2.36. The summed E-state index contributed by atoms with van der Waals surface area (Å²) >= 11 is 0. The molecule has 13 rings (SSSR count). The van der Waals surface area contributed by atoms with Crippen molar-refractivity contribution >= 4 is 86.6 Å². The Labute approximate surface area is 335 Å². The van der Waals surface area contributed by atoms with E-state index in [4.69, 9.17) is 4.42 Å². The summed E-state index contributed by atoms with van der Waals surface area (Å²) in [7, 11) is 0. The number of rotatable bonds is 2. The molecule has 0 fully saturated rings. The Morgan fingerprint density at radius 2 is 0.793 bits per heavy atom. The Kier molecular flexibility index (Phi) is 6.29. The van der Waals surface area contributed by atoms with Crippen LogP contribution in [-0.2, 0) is 5.41 Å². The van der Waals surface area contributed by atoms with E-state index in [1.165, 1.54) is 109 Å². The highest BCUT2D eigenvalue weighted by molar-refractivity contribution is 6.29. The van der Waals surface area contributed by atoms with Gasteiger partial charge in [0.1, 0.15) is 11.2 Å². The van der Waals surface area contributed by atoms with Crippen LogP contribution in [0.5, 0.6) is 0 Å². The molecule has 12 aromatic rings. The van der Waals surface area contributed by atoms with E-state index in [2.05, 4.69) is 196 Å². The Balaban J connectivity index is 1.07. The van der Waals surface area contributed by atoms with Crippen molar-refractivity contribution in [2.24, 2.45) is 0 Å². The molecule has 0 spiro atoms. The monoisotopic (exact) mass is 736 g/mol. The van der Waals surface area contributed by atoms with E-state index < -0.39 is 0 Å². The summed E-state index contributed by atoms with van der Waals surface area (Å²) in [6, 6.07) is 67.6. The van der Waals surface area contributed by atoms with Crippen LogP contribution in [0.4, 0.5) is 0 Å². The van der Waals surface area contributed by atoms with E-state index in [1.54, 1.807) is 0 Å². The molecule has 1 heteroatoms. The second-order valence-electron chi connectivity index (χ2n) is 16.7. The lowest BCUT2D eigenvalue weighted by molar-refractivity contribution is 0.661. The molecule has 0 bridgehead atoms. The quantitative estimate of drug-likeness (QED) is 0.127. The summed E-state index contributed by atoms with van der Waals surface area (Å²) in [4.78, 5) is 0. The highest BCUT2D eigenvalue weighted by Crippen LogP contribution is 2.53. The maximum Gasteiger partial charge on any atom is 0.136 e. The van der Waals surface area contributed by atoms with Gasteiger partial charge in [-0.1, -0.05) is 172 Å². The lowest BCUT2D eigenvalue weighted by Gasteiger charge is -2.22. The lowest BCUT2D eigenvalue weighted by Crippen LogP contribution is -2.14. The average molecular weight is 737 g/mol. The fraction of sp³-hybridized carbons (Fsp3) is 0.0526. The zero-order valence-electron chi connectivity index (χ0n) is 32.2. The van der Waals surface area contributed by atoms with Crippen LogP contribution in [0.1, 0.15) is 25.0 Å². The zero-order valence-corrected chi connectivity index (χ0v) is 32.2. The first-order valence-corrected chi connectivity index (χ1v) is 20.3. The molecule has 1 aromatic heterocycles. The number of furan rings is 1. The van der Waals surface area contributed by atoms with Crippen LogP contribution in [0.15, 0.2) is 186 Å². The van der Waals surface area contributed by atoms with Gasteiger partial charge in [0.2, 0.25) is 0 Å². The van der Waals surface area contributed by atoms with Crippen molar-refractivity contribution in [2.75, 3.05) is 0 Å². The minimum Gasteiger partial charge on any atom is -0.456 e. The number of hydrogen-bond donors (Lipinski definition) is 0. The molecule has 0 aliphatic heterocycles. The second kappa shape index (κ2) is 11.4. The minimum atomic E-state index is -0.0478. The highest BCUT2D eigenvalue weighted by atomic mass is 16.3. The first kappa shape index (κ1) is 31.9. The Morgan fingerprint density at radius 1 is 0.293 bits per heavy atom. The minimum absolute atomic E-state index is 0.0478. The molecular weight excluding hydrogens is 701 g/mol. The van der Waals surface area contributed by atoms with E-state index in [-0.39, 0.29) is 5.41 Å². The van der Waals surface area contributed by atoms with Gasteiger partial charge < -0.3 is 4.42 Å². The van der Waals surface area contributed by atoms with Crippen molar-refractivity contribution in [3.05, 3.63) is 193 Å². The van der Waals surface area contributed by atoms with Crippen LogP contribution in [-0.4, -0.2) is 0 Å². The van der Waals surface area contributed by atoms with Crippen molar-refractivity contribution in [3.63, 3.8) is 0 Å². The topological polar surface area (TPSA) is 13.1 Å². The molecule has 1 heterocycles. The predicted octanol–water partition coefficient (Wildman–Crippen LogP) is 16.1. The summed E-state index contributed by atoms with van der Waals surface area (Å²) in [5.74, 6) is 0. The molecule has 0 atom stereocenters. The molecule has 0 amide bonds. The van der Waals surface area contributed by atoms with Gasteiger partial charge in [-0.2, -0.15) is 0 Å². The average Bonchev–Trinajstić information content (AvgIpc) is 3.75. The molecule has 270 valence electrons. The Hall–Kier alpha value is -7.22. The van der Waals surface area contributed by atoms with Crippen LogP contribution in [0, 0.1) is 0 Å². The fourth-order valence-corrected chi connectivity index (χ4v) is 10.8. The first-order chi connectivity index (χ1) is 28.5. The fourth-order valence-electron chi connectivity index (χ4n) is 10.8. The van der Waals surface area contributed by atoms with Crippen molar-refractivity contribution < 1.29 is 4.42 Å². The van der Waals surface area contributed by atoms with Crippen molar-refractivity contribution in [1.29, 1.82) is 0 Å². The Bertz CT molecular complexity index is 3710. The summed E-state index contributed by atoms with van der Waals surface area (Å²) in [5, 5.41) is 17.4. The molecular formula is C57H36O. The third-order valence-corrected chi connectivity index (χ3v) is 13.4. The van der Waals surface area contributed by atoms with Gasteiger partial charge >= 0.3 is 0 Å². The smallest absolute Gasteiger partial charge is 0.136 e. The normalized spacial score (nSPS) is 13.5. The number of benzene rings is 11. The van der Waals surface area contributed by atoms with E-state index in [1.807, 2.05) is 0 Å². The first-order valence-electron chi connectivity index (χ1n) is 20.3. The molecule has 58 heavy (non-hydrogen) atoms. The summed E-state index contributed by atoms with van der Waals surface area (Å²) < 4.78 is 6.67. The van der Waals surface area contributed by atoms with Crippen molar-refractivity contribution in [3.8, 4) is 33.4 Å². The van der Waals surface area contributed by atoms with Gasteiger partial charge in [0.05, 0.1) is 0 Å². The summed E-state index contributed by atoms with van der Waals surface area (Å²) in [6.07, 6.45) is 0. The van der Waals surface area contributed by atoms with Gasteiger partial charge in [-0.3, -0.25) is 0 Å². The van der Waals surface area contributed by atoms with E-state index in [0.29, 0.717) is 0 Å². The predicted molar refractivity (Wildman–Crippen MR) is 247 cm³/mol. The third-order valence-electron chi connectivity index (χ3n) is 13.4. The lowest BCUT2D eigenvalue weighted by atomic mass is 9.81. The van der Waals surface area contributed by atoms with Gasteiger partial charge in [-0.25, -0.2) is 0 Å². The van der Waals surface area contributed by atoms with Gasteiger partial charge in [0.25, 0.3) is 0 Å². The van der Waals surface area contributed by atoms with Crippen LogP contribution in [0.3, 0.4) is 0 Å². The summed E-state index contributed by atoms with van der Waals surface area (Å²) in [6.45, 7) is 4.73. The van der Waals surface area contributed by atoms with E-state index in [0.717, 1.165) is 21.9 Å². The standard InChI is InChI=1S/C57H36O/c1-57(2)50-25-12-11-22-45(50)56-40-24-13-23-39(38(40)27-28-51(56)57)55-43-20-9-7-18-41(43)54(42-19-8-10-21-44(42)55)33-26-29-52-48(30-33)49-31-46-36-16-5-3-14-34(36)35-15-4-6-17-37(35)47(46)32-53(49)58-52/h3-32H,1-2H3. The van der Waals surface area contributed by atoms with Gasteiger partial charge in [-0.05, 0) is 133 Å². The molecule has 0 unspecified atom stereocenters. The molecule has 0 radical (unpaired) electrons. The molecule has 0 saturated heterocycles. The van der Waals surface area contributed by atoms with Crippen LogP contribution >= 0.6 is 0 Å². The molecule has 11 aromatic carbocycles. The zero-order chi connectivity index (χ0) is 38.3. The summed E-state index contributed by atoms with van der Waals surface area (Å²) in [5.41, 5.74) is 12.3. The van der Waals surface area contributed by atoms with Crippen molar-refractivity contribution in [1.82, 2.24) is 0 Å². The van der Waals surface area contributed by atoms with Gasteiger partial charge in [0.15, 0.2) is 0 Å². The SMILES string of the molecule is CC1(C)c2ccccc2-c2c1ccc1c(-c3c4ccccc4c(-c4ccc5oc6cc7c8ccccc8c8ccccc8c7cc6c5c4)c4ccccc34)cccc21. The van der Waals surface area contributed by atoms with Gasteiger partial charge in [0, 0.05) is 16.2 Å². The van der Waals surface area contributed by atoms with E-state index >= 15 is 0 Å². The van der Waals surface area contributed by atoms with Crippen molar-refractivity contribution in [2.45, 2.75) is 19.3 Å². The molecule has 0 saturated carbocycles. The number of fused-ring (bicyclic) bond motifs is 16. The van der Waals surface area contributed by atoms with Crippen LogP contribution in [0.25, 0.3) is 120 Å². The van der Waals surface area contributed by atoms with Gasteiger partial charge in [-0.15, -0.1) is 0 Å². The molecule has 1 nitrogen and oxygen atoms in total. The molecule has 0 N–H and O–H groups in total. The van der Waals surface area contributed by atoms with E-state index in [9.17, 15) is 0 Å². The largest absolute Gasteiger partial charge is 0.456 e. The molecule has 1 aliphatic rings. The van der Waals surface area contributed by atoms with Crippen LogP contribution < -0.4 is 0 Å². The van der Waals surface area contributed by atoms with Crippen LogP contribution in [0.2, 0.25) is 0 Å². The second-order valence-corrected chi connectivity index (χ2v) is 16.7. The number of hydrogen-bond acceptors (Lipinski definition) is 1. The molecule has 1 aliphatic carbocycles.